The summed E-state index contributed by atoms with van der Waals surface area (Å²) in [6.07, 6.45) is 0.467. The van der Waals surface area contributed by atoms with Gasteiger partial charge in [-0.05, 0) is 40.1 Å². The Hall–Kier alpha value is -6.94. The first-order valence-corrected chi connectivity index (χ1v) is 23.4. The number of hydrogen-bond acceptors (Lipinski definition) is 13. The molecule has 1 saturated heterocycles. The molecule has 12 nitrogen and oxygen atoms in total. The minimum Gasteiger partial charge on any atom is -0.463 e. The zero-order chi connectivity index (χ0) is 45.2. The lowest BCUT2D eigenvalue weighted by Gasteiger charge is -2.49. The predicted octanol–water partition coefficient (Wildman–Crippen LogP) is 8.65. The summed E-state index contributed by atoms with van der Waals surface area (Å²) in [5, 5.41) is 14.4. The number of carbonyl (C=O) groups excluding carboxylic acids is 4. The number of thiazole rings is 1. The molecule has 2 amide bonds. The summed E-state index contributed by atoms with van der Waals surface area (Å²) in [7, 11) is 1.33. The highest BCUT2D eigenvalue weighted by molar-refractivity contribution is 8.23. The second-order valence-corrected chi connectivity index (χ2v) is 17.6. The molecule has 0 saturated carbocycles. The Labute approximate surface area is 388 Å². The van der Waals surface area contributed by atoms with E-state index >= 15 is 0 Å². The van der Waals surface area contributed by atoms with E-state index in [-0.39, 0.29) is 23.7 Å². The Morgan fingerprint density at radius 1 is 0.846 bits per heavy atom. The number of β-lactam (4-membered cyclic amide) rings is 1. The van der Waals surface area contributed by atoms with Crippen LogP contribution in [0.25, 0.3) is 0 Å². The zero-order valence-corrected chi connectivity index (χ0v) is 37.7. The maximum Gasteiger partial charge on any atom is 0.357 e. The summed E-state index contributed by atoms with van der Waals surface area (Å²) in [6, 6.07) is 47.2. The lowest BCUT2D eigenvalue weighted by Crippen LogP contribution is -2.73. The number of carbonyl (C=O) groups is 4. The molecule has 0 bridgehead atoms. The maximum atomic E-state index is 14.4. The molecule has 2 unspecified atom stereocenters. The van der Waals surface area contributed by atoms with E-state index in [0.29, 0.717) is 15.1 Å². The van der Waals surface area contributed by atoms with Crippen LogP contribution in [0.1, 0.15) is 46.5 Å². The minimum atomic E-state index is -1.02. The van der Waals surface area contributed by atoms with Crippen LogP contribution in [-0.4, -0.2) is 70.9 Å². The van der Waals surface area contributed by atoms with Crippen LogP contribution in [-0.2, 0) is 39.0 Å². The first kappa shape index (κ1) is 44.7. The number of nitrogens with zero attached hydrogens (tertiary/aromatic N) is 3. The van der Waals surface area contributed by atoms with Crippen LogP contribution in [0.4, 0.5) is 5.13 Å². The van der Waals surface area contributed by atoms with Gasteiger partial charge in [0.05, 0.1) is 16.9 Å². The standard InChI is InChI=1S/C50H43N5O7S3/c1-3-61-40(56)29-30-63-48-43(47(59)62-44(33-19-9-4-10-20-33)34-21-11-5-12-22-34)55-39(32-64-48)42(46(55)58)52-45(57)41(54-60-2)38-31-65-49(51-38)53-50(35-23-13-6-14-24-35,36-25-15-7-16-26-36)37-27-17-8-18-28-37/h4-31,39,42,44H,3,32H2,1-2H3,(H,51,53)(H,52,57). The Kier molecular flexibility index (Phi) is 14.2. The zero-order valence-electron chi connectivity index (χ0n) is 35.2. The third-order valence-corrected chi connectivity index (χ3v) is 13.7. The number of oxime groups is 1. The van der Waals surface area contributed by atoms with E-state index in [1.807, 2.05) is 115 Å². The SMILES string of the molecule is CCOC(=O)C=CSC1=C(C(=O)OC(c2ccccc2)c2ccccc2)N2C(=O)C(NC(=O)C(=NOC)c3csc(NC(c4ccccc4)(c4ccccc4)c4ccccc4)n3)C2CS1. The molecule has 328 valence electrons. The Bertz CT molecular complexity index is 2580. The van der Waals surface area contributed by atoms with Gasteiger partial charge in [-0.15, -0.1) is 23.1 Å². The summed E-state index contributed by atoms with van der Waals surface area (Å²) >= 11 is 3.71. The van der Waals surface area contributed by atoms with E-state index < -0.39 is 47.5 Å². The molecule has 2 N–H and O–H groups in total. The van der Waals surface area contributed by atoms with Gasteiger partial charge >= 0.3 is 11.9 Å². The first-order chi connectivity index (χ1) is 31.8. The molecule has 0 aliphatic carbocycles. The summed E-state index contributed by atoms with van der Waals surface area (Å²) in [4.78, 5) is 66.4. The van der Waals surface area contributed by atoms with Gasteiger partial charge in [-0.25, -0.2) is 14.6 Å². The van der Waals surface area contributed by atoms with Crippen molar-refractivity contribution in [2.45, 2.75) is 30.7 Å². The molecule has 0 radical (unpaired) electrons. The molecular weight excluding hydrogens is 879 g/mol. The first-order valence-electron chi connectivity index (χ1n) is 20.7. The van der Waals surface area contributed by atoms with Crippen molar-refractivity contribution in [2.24, 2.45) is 5.16 Å². The number of anilines is 1. The normalized spacial score (nSPS) is 16.1. The molecule has 2 aliphatic heterocycles. The fraction of sp³-hybridized carbons (Fsp3) is 0.160. The smallest absolute Gasteiger partial charge is 0.357 e. The number of rotatable bonds is 17. The van der Waals surface area contributed by atoms with Crippen LogP contribution in [0.5, 0.6) is 0 Å². The van der Waals surface area contributed by atoms with Crippen molar-refractivity contribution in [1.29, 1.82) is 0 Å². The number of thioether (sulfide) groups is 2. The third kappa shape index (κ3) is 9.63. The van der Waals surface area contributed by atoms with Gasteiger partial charge in [0.1, 0.15) is 24.4 Å². The van der Waals surface area contributed by atoms with Crippen LogP contribution in [0.15, 0.2) is 184 Å². The van der Waals surface area contributed by atoms with Crippen molar-refractivity contribution in [3.8, 4) is 0 Å². The van der Waals surface area contributed by atoms with Gasteiger partial charge in [-0.3, -0.25) is 14.5 Å². The Morgan fingerprint density at radius 3 is 1.91 bits per heavy atom. The number of aromatic nitrogens is 1. The number of hydrogen-bond donors (Lipinski definition) is 2. The number of benzene rings is 5. The Balaban J connectivity index is 1.06. The number of amides is 2. The van der Waals surface area contributed by atoms with Gasteiger partial charge < -0.3 is 24.9 Å². The molecular formula is C50H43N5O7S3. The molecule has 2 atom stereocenters. The largest absolute Gasteiger partial charge is 0.463 e. The van der Waals surface area contributed by atoms with E-state index in [4.69, 9.17) is 19.3 Å². The molecule has 1 aromatic heterocycles. The second kappa shape index (κ2) is 20.7. The molecule has 5 aromatic carbocycles. The molecule has 3 heterocycles. The number of nitrogens with one attached hydrogen (secondary N) is 2. The van der Waals surface area contributed by atoms with Crippen molar-refractivity contribution >= 4 is 69.5 Å². The molecule has 65 heavy (non-hydrogen) atoms. The van der Waals surface area contributed by atoms with Gasteiger partial charge in [0, 0.05) is 17.2 Å². The molecule has 2 aliphatic rings. The van der Waals surface area contributed by atoms with Crippen LogP contribution in [0, 0.1) is 0 Å². The highest BCUT2D eigenvalue weighted by atomic mass is 32.2. The monoisotopic (exact) mass is 921 g/mol. The van der Waals surface area contributed by atoms with Crippen molar-refractivity contribution in [2.75, 3.05) is 24.8 Å². The van der Waals surface area contributed by atoms with Crippen LogP contribution < -0.4 is 10.6 Å². The fourth-order valence-corrected chi connectivity index (χ4v) is 10.7. The molecule has 8 rings (SSSR count). The van der Waals surface area contributed by atoms with Crippen molar-refractivity contribution in [3.05, 3.63) is 212 Å². The number of ether oxygens (including phenoxy) is 2. The average molecular weight is 922 g/mol. The Morgan fingerprint density at radius 2 is 1.38 bits per heavy atom. The average Bonchev–Trinajstić information content (AvgIpc) is 3.82. The molecule has 0 spiro atoms. The van der Waals surface area contributed by atoms with E-state index in [2.05, 4.69) is 52.2 Å². The van der Waals surface area contributed by atoms with E-state index in [1.54, 1.807) is 12.3 Å². The van der Waals surface area contributed by atoms with E-state index in [9.17, 15) is 19.2 Å². The third-order valence-electron chi connectivity index (χ3n) is 10.7. The lowest BCUT2D eigenvalue weighted by atomic mass is 9.77. The summed E-state index contributed by atoms with van der Waals surface area (Å²) < 4.78 is 11.7. The summed E-state index contributed by atoms with van der Waals surface area (Å²) in [5.41, 5.74) is 3.62. The van der Waals surface area contributed by atoms with Crippen molar-refractivity contribution in [1.82, 2.24) is 15.2 Å². The number of esters is 2. The van der Waals surface area contributed by atoms with Gasteiger partial charge in [-0.1, -0.05) is 169 Å². The topological polar surface area (TPSA) is 149 Å². The van der Waals surface area contributed by atoms with Gasteiger partial charge in [0.15, 0.2) is 22.6 Å². The van der Waals surface area contributed by atoms with Gasteiger partial charge in [0.2, 0.25) is 0 Å². The minimum absolute atomic E-state index is 0.0110. The van der Waals surface area contributed by atoms with Crippen molar-refractivity contribution < 1.29 is 33.5 Å². The lowest BCUT2D eigenvalue weighted by molar-refractivity contribution is -0.156. The van der Waals surface area contributed by atoms with Crippen LogP contribution >= 0.6 is 34.9 Å². The van der Waals surface area contributed by atoms with Crippen LogP contribution in [0.3, 0.4) is 0 Å². The van der Waals surface area contributed by atoms with E-state index in [1.165, 1.54) is 46.6 Å². The van der Waals surface area contributed by atoms with Crippen LogP contribution in [0.2, 0.25) is 0 Å². The van der Waals surface area contributed by atoms with Gasteiger partial charge in [-0.2, -0.15) is 0 Å². The number of fused-ring (bicyclic) bond motifs is 1. The second-order valence-electron chi connectivity index (χ2n) is 14.6. The van der Waals surface area contributed by atoms with E-state index in [0.717, 1.165) is 39.6 Å². The quantitative estimate of drug-likeness (QED) is 0.0226. The summed E-state index contributed by atoms with van der Waals surface area (Å²) in [6.45, 7) is 1.91. The highest BCUT2D eigenvalue weighted by Gasteiger charge is 2.55. The molecule has 1 fully saturated rings. The van der Waals surface area contributed by atoms with Gasteiger partial charge in [0.25, 0.3) is 11.8 Å². The fourth-order valence-electron chi connectivity index (χ4n) is 7.72. The highest BCUT2D eigenvalue weighted by Crippen LogP contribution is 2.46. The maximum absolute atomic E-state index is 14.4. The molecule has 6 aromatic rings. The predicted molar refractivity (Wildman–Crippen MR) is 255 cm³/mol. The molecule has 15 heteroatoms. The van der Waals surface area contributed by atoms with Crippen molar-refractivity contribution in [3.63, 3.8) is 0 Å². The summed E-state index contributed by atoms with van der Waals surface area (Å²) in [5.74, 6) is -2.17.